The second-order valence-electron chi connectivity index (χ2n) is 11.8. The van der Waals surface area contributed by atoms with Crippen LogP contribution in [-0.2, 0) is 5.41 Å². The highest BCUT2D eigenvalue weighted by Crippen LogP contribution is 2.53. The van der Waals surface area contributed by atoms with Crippen molar-refractivity contribution in [2.45, 2.75) is 46.1 Å². The van der Waals surface area contributed by atoms with Gasteiger partial charge in [-0.1, -0.05) is 149 Å². The van der Waals surface area contributed by atoms with Crippen LogP contribution in [0.5, 0.6) is 0 Å². The summed E-state index contributed by atoms with van der Waals surface area (Å²) in [5.41, 5.74) is 26.8. The van der Waals surface area contributed by atoms with Gasteiger partial charge in [0.15, 0.2) is 0 Å². The summed E-state index contributed by atoms with van der Waals surface area (Å²) in [6.07, 6.45) is 10.2. The number of para-hydroxylation sites is 1. The molecule has 0 amide bonds. The van der Waals surface area contributed by atoms with E-state index >= 15 is 0 Å². The van der Waals surface area contributed by atoms with E-state index in [1.54, 1.807) is 0 Å². The van der Waals surface area contributed by atoms with Gasteiger partial charge in [0, 0.05) is 39.2 Å². The minimum atomic E-state index is -0.313. The van der Waals surface area contributed by atoms with E-state index in [4.69, 9.17) is 11.5 Å². The lowest BCUT2D eigenvalue weighted by Gasteiger charge is -2.22. The molecule has 0 radical (unpaired) electrons. The summed E-state index contributed by atoms with van der Waals surface area (Å²) in [5, 5.41) is 3.69. The molecule has 1 unspecified atom stereocenters. The zero-order valence-electron chi connectivity index (χ0n) is 27.6. The van der Waals surface area contributed by atoms with Crippen molar-refractivity contribution in [3.05, 3.63) is 168 Å². The second-order valence-corrected chi connectivity index (χ2v) is 11.8. The SMILES string of the molecule is CC.C\C=C/C=C\C(=C\C(N)c1cccc(-c2ccccc2)c1)Nc1ccccc1-c1ccc2c(c1N)-c1ccccc1C2(C)C. The maximum atomic E-state index is 7.03. The molecule has 0 aliphatic heterocycles. The second kappa shape index (κ2) is 14.3. The highest BCUT2D eigenvalue weighted by atomic mass is 14.9. The Morgan fingerprint density at radius 1 is 0.696 bits per heavy atom. The van der Waals surface area contributed by atoms with Crippen molar-refractivity contribution in [2.75, 3.05) is 11.1 Å². The number of rotatable bonds is 8. The number of nitrogens with two attached hydrogens (primary N) is 2. The molecule has 6 rings (SSSR count). The molecule has 0 aromatic heterocycles. The number of hydrogen-bond acceptors (Lipinski definition) is 3. The molecule has 46 heavy (non-hydrogen) atoms. The quantitative estimate of drug-likeness (QED) is 0.122. The first-order valence-electron chi connectivity index (χ1n) is 16.2. The molecule has 1 aliphatic carbocycles. The molecule has 5 aromatic carbocycles. The number of allylic oxidation sites excluding steroid dienone is 4. The van der Waals surface area contributed by atoms with E-state index in [0.29, 0.717) is 0 Å². The molecule has 3 nitrogen and oxygen atoms in total. The summed E-state index contributed by atoms with van der Waals surface area (Å²) >= 11 is 0. The predicted octanol–water partition coefficient (Wildman–Crippen LogP) is 11.1. The molecular weight excluding hydrogens is 558 g/mol. The van der Waals surface area contributed by atoms with Crippen molar-refractivity contribution in [1.29, 1.82) is 0 Å². The smallest absolute Gasteiger partial charge is 0.0504 e. The molecule has 5 aromatic rings. The van der Waals surface area contributed by atoms with Gasteiger partial charge in [0.1, 0.15) is 0 Å². The van der Waals surface area contributed by atoms with Gasteiger partial charge >= 0.3 is 0 Å². The molecule has 0 heterocycles. The third kappa shape index (κ3) is 6.47. The normalized spacial score (nSPS) is 14.0. The molecule has 0 saturated heterocycles. The van der Waals surface area contributed by atoms with E-state index < -0.39 is 0 Å². The minimum absolute atomic E-state index is 0.0994. The highest BCUT2D eigenvalue weighted by Gasteiger charge is 2.37. The highest BCUT2D eigenvalue weighted by molar-refractivity contribution is 5.98. The molecular formula is C43H45N3. The summed E-state index contributed by atoms with van der Waals surface area (Å²) in [4.78, 5) is 0. The molecule has 5 N–H and O–H groups in total. The first-order chi connectivity index (χ1) is 22.4. The number of anilines is 2. The summed E-state index contributed by atoms with van der Waals surface area (Å²) in [5.74, 6) is 0. The van der Waals surface area contributed by atoms with Gasteiger partial charge in [-0.15, -0.1) is 0 Å². The average Bonchev–Trinajstić information content (AvgIpc) is 3.33. The van der Waals surface area contributed by atoms with Crippen LogP contribution in [0.2, 0.25) is 0 Å². The van der Waals surface area contributed by atoms with E-state index in [1.165, 1.54) is 22.3 Å². The number of fused-ring (bicyclic) bond motifs is 3. The molecule has 1 atom stereocenters. The van der Waals surface area contributed by atoms with E-state index in [0.717, 1.165) is 44.9 Å². The van der Waals surface area contributed by atoms with Crippen molar-refractivity contribution in [2.24, 2.45) is 5.73 Å². The molecule has 232 valence electrons. The third-order valence-corrected chi connectivity index (χ3v) is 8.60. The third-order valence-electron chi connectivity index (χ3n) is 8.60. The first-order valence-corrected chi connectivity index (χ1v) is 16.2. The van der Waals surface area contributed by atoms with Gasteiger partial charge in [-0.25, -0.2) is 0 Å². The van der Waals surface area contributed by atoms with Gasteiger partial charge in [0.2, 0.25) is 0 Å². The molecule has 0 fully saturated rings. The molecule has 0 saturated carbocycles. The number of nitrogen functional groups attached to an aromatic ring is 1. The zero-order valence-corrected chi connectivity index (χ0v) is 27.6. The lowest BCUT2D eigenvalue weighted by Crippen LogP contribution is -2.15. The van der Waals surface area contributed by atoms with Gasteiger partial charge in [-0.3, -0.25) is 0 Å². The van der Waals surface area contributed by atoms with Crippen LogP contribution in [0.4, 0.5) is 11.4 Å². The van der Waals surface area contributed by atoms with Crippen LogP contribution < -0.4 is 16.8 Å². The standard InChI is InChI=1S/C41H39N3.C2H6/c1-4-5-7-19-31(27-37(42)30-18-14-17-29(26-30)28-15-8-6-9-16-28)44-38-23-13-11-20-32(38)33-24-25-36-39(40(33)43)34-21-10-12-22-35(34)41(36,2)3;1-2/h4-27,37,44H,42-43H2,1-3H3;1-2H3/b5-4-,19-7-,31-27-;. The Morgan fingerprint density at radius 3 is 2.13 bits per heavy atom. The van der Waals surface area contributed by atoms with E-state index in [9.17, 15) is 0 Å². The fraction of sp³-hybridized carbons (Fsp3) is 0.163. The average molecular weight is 604 g/mol. The van der Waals surface area contributed by atoms with Gasteiger partial charge in [0.25, 0.3) is 0 Å². The largest absolute Gasteiger partial charge is 0.398 e. The van der Waals surface area contributed by atoms with Crippen LogP contribution >= 0.6 is 0 Å². The summed E-state index contributed by atoms with van der Waals surface area (Å²) in [6.45, 7) is 10.6. The maximum Gasteiger partial charge on any atom is 0.0504 e. The van der Waals surface area contributed by atoms with Crippen LogP contribution in [0.3, 0.4) is 0 Å². The lowest BCUT2D eigenvalue weighted by molar-refractivity contribution is 0.660. The van der Waals surface area contributed by atoms with Gasteiger partial charge in [0.05, 0.1) is 6.04 Å². The fourth-order valence-electron chi connectivity index (χ4n) is 6.29. The van der Waals surface area contributed by atoms with Crippen LogP contribution in [0.1, 0.15) is 57.4 Å². The van der Waals surface area contributed by atoms with Gasteiger partial charge in [-0.2, -0.15) is 0 Å². The lowest BCUT2D eigenvalue weighted by atomic mass is 9.82. The number of hydrogen-bond donors (Lipinski definition) is 3. The number of benzene rings is 5. The van der Waals surface area contributed by atoms with Crippen molar-refractivity contribution in [1.82, 2.24) is 0 Å². The molecule has 0 bridgehead atoms. The Labute approximate surface area is 275 Å². The number of nitrogens with one attached hydrogen (secondary N) is 1. The molecule has 1 aliphatic rings. The van der Waals surface area contributed by atoms with Crippen LogP contribution in [-0.4, -0.2) is 0 Å². The minimum Gasteiger partial charge on any atom is -0.398 e. The van der Waals surface area contributed by atoms with Crippen molar-refractivity contribution < 1.29 is 0 Å². The summed E-state index contributed by atoms with van der Waals surface area (Å²) in [6, 6.07) is 39.9. The van der Waals surface area contributed by atoms with E-state index in [-0.39, 0.29) is 11.5 Å². The van der Waals surface area contributed by atoms with Crippen LogP contribution in [0.25, 0.3) is 33.4 Å². The van der Waals surface area contributed by atoms with Gasteiger partial charge in [-0.05, 0) is 64.6 Å². The summed E-state index contributed by atoms with van der Waals surface area (Å²) < 4.78 is 0. The van der Waals surface area contributed by atoms with Crippen LogP contribution in [0.15, 0.2) is 151 Å². The Kier molecular flexibility index (Phi) is 10.0. The predicted molar refractivity (Wildman–Crippen MR) is 200 cm³/mol. The Bertz CT molecular complexity index is 1890. The summed E-state index contributed by atoms with van der Waals surface area (Å²) in [7, 11) is 0. The molecule has 0 spiro atoms. The van der Waals surface area contributed by atoms with Crippen molar-refractivity contribution >= 4 is 11.4 Å². The van der Waals surface area contributed by atoms with Crippen LogP contribution in [0, 0.1) is 0 Å². The maximum absolute atomic E-state index is 7.03. The molecule has 3 heteroatoms. The Balaban J connectivity index is 0.00000204. The zero-order chi connectivity index (χ0) is 32.7. The first kappa shape index (κ1) is 32.3. The Morgan fingerprint density at radius 2 is 1.37 bits per heavy atom. The monoisotopic (exact) mass is 603 g/mol. The van der Waals surface area contributed by atoms with E-state index in [2.05, 4.69) is 134 Å². The van der Waals surface area contributed by atoms with Gasteiger partial charge < -0.3 is 16.8 Å². The fourth-order valence-corrected chi connectivity index (χ4v) is 6.29. The van der Waals surface area contributed by atoms with Crippen molar-refractivity contribution in [3.63, 3.8) is 0 Å². The van der Waals surface area contributed by atoms with E-state index in [1.807, 2.05) is 51.1 Å². The Hall–Kier alpha value is -5.12. The van der Waals surface area contributed by atoms with Crippen molar-refractivity contribution in [3.8, 4) is 33.4 Å². The topological polar surface area (TPSA) is 64.1 Å².